The molecule has 1 aromatic carbocycles. The first-order valence-electron chi connectivity index (χ1n) is 6.38. The fourth-order valence-corrected chi connectivity index (χ4v) is 2.63. The molecule has 0 bridgehead atoms. The number of nitrogens with zero attached hydrogens (tertiary/aromatic N) is 1. The third-order valence-electron chi connectivity index (χ3n) is 3.48. The van der Waals surface area contributed by atoms with Crippen LogP contribution in [0.5, 0.6) is 0 Å². The molecule has 1 aromatic rings. The predicted octanol–water partition coefficient (Wildman–Crippen LogP) is 2.98. The van der Waals surface area contributed by atoms with E-state index in [0.717, 1.165) is 12.8 Å². The molecule has 1 amide bonds. The Labute approximate surface area is 116 Å². The molecule has 1 unspecified atom stereocenters. The fourth-order valence-electron chi connectivity index (χ4n) is 2.38. The van der Waals surface area contributed by atoms with Gasteiger partial charge in [0, 0.05) is 24.5 Å². The molecule has 2 nitrogen and oxygen atoms in total. The number of amides is 1. The first-order valence-corrected chi connectivity index (χ1v) is 6.92. The Balaban J connectivity index is 2.04. The molecule has 0 N–H and O–H groups in total. The minimum atomic E-state index is -0.667. The van der Waals surface area contributed by atoms with Gasteiger partial charge >= 0.3 is 0 Å². The first-order chi connectivity index (χ1) is 9.11. The van der Waals surface area contributed by atoms with Gasteiger partial charge in [0.15, 0.2) is 0 Å². The van der Waals surface area contributed by atoms with Gasteiger partial charge in [0.1, 0.15) is 11.6 Å². The van der Waals surface area contributed by atoms with E-state index in [2.05, 4.69) is 0 Å². The molecule has 1 aliphatic rings. The van der Waals surface area contributed by atoms with E-state index in [4.69, 9.17) is 11.6 Å². The molecule has 1 atom stereocenters. The molecule has 104 valence electrons. The Hall–Kier alpha value is -1.16. The fraction of sp³-hybridized carbons (Fsp3) is 0.500. The van der Waals surface area contributed by atoms with Crippen LogP contribution in [0, 0.1) is 17.6 Å². The summed E-state index contributed by atoms with van der Waals surface area (Å²) in [6, 6.07) is 3.63. The molecular weight excluding hydrogens is 272 g/mol. The Morgan fingerprint density at radius 2 is 2.05 bits per heavy atom. The number of hydrogen-bond donors (Lipinski definition) is 0. The number of likely N-dealkylation sites (tertiary alicyclic amines) is 1. The zero-order chi connectivity index (χ0) is 13.8. The van der Waals surface area contributed by atoms with E-state index < -0.39 is 11.6 Å². The van der Waals surface area contributed by atoms with Crippen LogP contribution in [0.25, 0.3) is 0 Å². The van der Waals surface area contributed by atoms with Crippen molar-refractivity contribution >= 4 is 17.5 Å². The zero-order valence-corrected chi connectivity index (χ0v) is 11.3. The lowest BCUT2D eigenvalue weighted by Gasteiger charge is -2.32. The summed E-state index contributed by atoms with van der Waals surface area (Å²) in [5.41, 5.74) is -0.152. The van der Waals surface area contributed by atoms with Crippen molar-refractivity contribution in [1.82, 2.24) is 4.90 Å². The molecule has 1 saturated heterocycles. The van der Waals surface area contributed by atoms with Gasteiger partial charge in [-0.15, -0.1) is 11.6 Å². The summed E-state index contributed by atoms with van der Waals surface area (Å²) < 4.78 is 27.0. The van der Waals surface area contributed by atoms with Crippen LogP contribution in [0.2, 0.25) is 0 Å². The summed E-state index contributed by atoms with van der Waals surface area (Å²) in [5, 5.41) is 0. The SMILES string of the molecule is O=C(Cc1c(F)cccc1F)N1CCCC(CCl)C1. The molecule has 0 radical (unpaired) electrons. The maximum Gasteiger partial charge on any atom is 0.227 e. The average Bonchev–Trinajstić information content (AvgIpc) is 2.43. The highest BCUT2D eigenvalue weighted by atomic mass is 35.5. The highest BCUT2D eigenvalue weighted by molar-refractivity contribution is 6.18. The number of carbonyl (C=O) groups excluding carboxylic acids is 1. The van der Waals surface area contributed by atoms with Crippen molar-refractivity contribution in [3.05, 3.63) is 35.4 Å². The highest BCUT2D eigenvalue weighted by Gasteiger charge is 2.24. The predicted molar refractivity (Wildman–Crippen MR) is 70.1 cm³/mol. The van der Waals surface area contributed by atoms with Crippen molar-refractivity contribution in [2.45, 2.75) is 19.3 Å². The molecule has 2 rings (SSSR count). The van der Waals surface area contributed by atoms with Crippen LogP contribution in [-0.2, 0) is 11.2 Å². The van der Waals surface area contributed by atoms with Gasteiger partial charge in [0.2, 0.25) is 5.91 Å². The van der Waals surface area contributed by atoms with Crippen LogP contribution < -0.4 is 0 Å². The van der Waals surface area contributed by atoms with Gasteiger partial charge < -0.3 is 4.90 Å². The Morgan fingerprint density at radius 1 is 1.37 bits per heavy atom. The summed E-state index contributed by atoms with van der Waals surface area (Å²) in [5.74, 6) is -0.778. The van der Waals surface area contributed by atoms with Crippen molar-refractivity contribution in [3.63, 3.8) is 0 Å². The summed E-state index contributed by atoms with van der Waals surface area (Å²) >= 11 is 5.80. The molecule has 0 spiro atoms. The number of piperidine rings is 1. The quantitative estimate of drug-likeness (QED) is 0.783. The molecule has 1 fully saturated rings. The van der Waals surface area contributed by atoms with Gasteiger partial charge in [-0.1, -0.05) is 6.07 Å². The number of carbonyl (C=O) groups is 1. The lowest BCUT2D eigenvalue weighted by Crippen LogP contribution is -2.41. The van der Waals surface area contributed by atoms with Gasteiger partial charge in [0.25, 0.3) is 0 Å². The van der Waals surface area contributed by atoms with E-state index in [-0.39, 0.29) is 23.8 Å². The van der Waals surface area contributed by atoms with E-state index in [1.54, 1.807) is 4.90 Å². The van der Waals surface area contributed by atoms with Crippen molar-refractivity contribution in [1.29, 1.82) is 0 Å². The minimum absolute atomic E-state index is 0.152. The molecule has 1 aliphatic heterocycles. The number of alkyl halides is 1. The largest absolute Gasteiger partial charge is 0.342 e. The monoisotopic (exact) mass is 287 g/mol. The number of halogens is 3. The Kier molecular flexibility index (Phi) is 4.75. The van der Waals surface area contributed by atoms with E-state index >= 15 is 0 Å². The number of rotatable bonds is 3. The minimum Gasteiger partial charge on any atom is -0.342 e. The average molecular weight is 288 g/mol. The first kappa shape index (κ1) is 14.3. The summed E-state index contributed by atoms with van der Waals surface area (Å²) in [7, 11) is 0. The lowest BCUT2D eigenvalue weighted by molar-refractivity contribution is -0.132. The second-order valence-corrected chi connectivity index (χ2v) is 5.19. The van der Waals surface area contributed by atoms with E-state index in [1.165, 1.54) is 18.2 Å². The van der Waals surface area contributed by atoms with Crippen LogP contribution >= 0.6 is 11.6 Å². The molecule has 0 aromatic heterocycles. The van der Waals surface area contributed by atoms with Crippen LogP contribution in [0.15, 0.2) is 18.2 Å². The topological polar surface area (TPSA) is 20.3 Å². The third-order valence-corrected chi connectivity index (χ3v) is 3.92. The van der Waals surface area contributed by atoms with Crippen LogP contribution in [0.3, 0.4) is 0 Å². The van der Waals surface area contributed by atoms with Crippen LogP contribution in [-0.4, -0.2) is 29.8 Å². The van der Waals surface area contributed by atoms with Crippen molar-refractivity contribution < 1.29 is 13.6 Å². The summed E-state index contributed by atoms with van der Waals surface area (Å²) in [4.78, 5) is 13.7. The van der Waals surface area contributed by atoms with Crippen LogP contribution in [0.4, 0.5) is 8.78 Å². The van der Waals surface area contributed by atoms with Gasteiger partial charge in [-0.25, -0.2) is 8.78 Å². The number of hydrogen-bond acceptors (Lipinski definition) is 1. The molecule has 0 aliphatic carbocycles. The van der Waals surface area contributed by atoms with Crippen molar-refractivity contribution in [2.75, 3.05) is 19.0 Å². The van der Waals surface area contributed by atoms with Gasteiger partial charge in [0.05, 0.1) is 6.42 Å². The molecule has 0 saturated carbocycles. The standard InChI is InChI=1S/C14H16ClF2NO/c15-8-10-3-2-6-18(9-10)14(19)7-11-12(16)4-1-5-13(11)17/h1,4-5,10H,2-3,6-9H2. The lowest BCUT2D eigenvalue weighted by atomic mass is 9.99. The smallest absolute Gasteiger partial charge is 0.227 e. The zero-order valence-electron chi connectivity index (χ0n) is 10.5. The second kappa shape index (κ2) is 6.33. The van der Waals surface area contributed by atoms with Gasteiger partial charge in [-0.05, 0) is 30.9 Å². The molecule has 19 heavy (non-hydrogen) atoms. The Bertz CT molecular complexity index is 447. The summed E-state index contributed by atoms with van der Waals surface area (Å²) in [6.45, 7) is 1.22. The maximum atomic E-state index is 13.5. The molecule has 1 heterocycles. The van der Waals surface area contributed by atoms with E-state index in [0.29, 0.717) is 19.0 Å². The van der Waals surface area contributed by atoms with E-state index in [9.17, 15) is 13.6 Å². The van der Waals surface area contributed by atoms with E-state index in [1.807, 2.05) is 0 Å². The molecular formula is C14H16ClF2NO. The number of benzene rings is 1. The Morgan fingerprint density at radius 3 is 2.68 bits per heavy atom. The molecule has 5 heteroatoms. The summed E-state index contributed by atoms with van der Waals surface area (Å²) in [6.07, 6.45) is 1.66. The van der Waals surface area contributed by atoms with Crippen molar-refractivity contribution in [2.24, 2.45) is 5.92 Å². The van der Waals surface area contributed by atoms with Gasteiger partial charge in [-0.2, -0.15) is 0 Å². The van der Waals surface area contributed by atoms with Gasteiger partial charge in [-0.3, -0.25) is 4.79 Å². The maximum absolute atomic E-state index is 13.5. The van der Waals surface area contributed by atoms with Crippen molar-refractivity contribution in [3.8, 4) is 0 Å². The third kappa shape index (κ3) is 3.44. The second-order valence-electron chi connectivity index (χ2n) is 4.88. The normalized spacial score (nSPS) is 19.5. The highest BCUT2D eigenvalue weighted by Crippen LogP contribution is 2.20. The van der Waals surface area contributed by atoms with Crippen LogP contribution in [0.1, 0.15) is 18.4 Å².